The number of likely N-dealkylation sites (N-methyl/N-ethyl adjacent to an activating group) is 1. The average molecular weight is 243 g/mol. The zero-order chi connectivity index (χ0) is 13.8. The number of amides is 2. The van der Waals surface area contributed by atoms with Crippen LogP contribution in [0.4, 0.5) is 0 Å². The molecule has 0 aliphatic rings. The van der Waals surface area contributed by atoms with E-state index in [4.69, 9.17) is 5.73 Å². The molecule has 0 saturated carbocycles. The van der Waals surface area contributed by atoms with Crippen molar-refractivity contribution in [3.63, 3.8) is 0 Å². The van der Waals surface area contributed by atoms with Gasteiger partial charge in [-0.2, -0.15) is 0 Å². The molecular weight excluding hydrogens is 218 g/mol. The highest BCUT2D eigenvalue weighted by Gasteiger charge is 2.30. The first kappa shape index (κ1) is 15.9. The van der Waals surface area contributed by atoms with Gasteiger partial charge in [-0.3, -0.25) is 9.59 Å². The summed E-state index contributed by atoms with van der Waals surface area (Å²) in [7, 11) is 1.59. The molecule has 0 aromatic heterocycles. The lowest BCUT2D eigenvalue weighted by Crippen LogP contribution is -2.51. The number of carbonyl (C=O) groups is 2. The van der Waals surface area contributed by atoms with E-state index < -0.39 is 6.04 Å². The molecule has 1 atom stereocenters. The van der Waals surface area contributed by atoms with Crippen molar-refractivity contribution in [3.8, 4) is 0 Å². The van der Waals surface area contributed by atoms with Gasteiger partial charge in [-0.15, -0.1) is 0 Å². The molecule has 5 heteroatoms. The monoisotopic (exact) mass is 243 g/mol. The van der Waals surface area contributed by atoms with E-state index in [0.717, 1.165) is 0 Å². The lowest BCUT2D eigenvalue weighted by molar-refractivity contribution is -0.137. The van der Waals surface area contributed by atoms with Crippen LogP contribution in [0.15, 0.2) is 0 Å². The normalized spacial score (nSPS) is 13.4. The molecule has 0 bridgehead atoms. The molecule has 0 aliphatic carbocycles. The molecule has 0 rings (SSSR count). The average Bonchev–Trinajstić information content (AvgIpc) is 2.12. The van der Waals surface area contributed by atoms with Gasteiger partial charge in [0, 0.05) is 13.1 Å². The van der Waals surface area contributed by atoms with E-state index in [1.807, 2.05) is 34.6 Å². The maximum atomic E-state index is 11.9. The van der Waals surface area contributed by atoms with Crippen LogP contribution in [-0.4, -0.2) is 42.4 Å². The number of nitrogens with two attached hydrogens (primary N) is 1. The van der Waals surface area contributed by atoms with Crippen molar-refractivity contribution >= 4 is 11.8 Å². The van der Waals surface area contributed by atoms with Crippen LogP contribution >= 0.6 is 0 Å². The van der Waals surface area contributed by atoms with Crippen molar-refractivity contribution in [3.05, 3.63) is 0 Å². The van der Waals surface area contributed by atoms with Gasteiger partial charge in [0.25, 0.3) is 0 Å². The summed E-state index contributed by atoms with van der Waals surface area (Å²) in [4.78, 5) is 24.8. The van der Waals surface area contributed by atoms with Crippen molar-refractivity contribution in [2.75, 3.05) is 13.6 Å². The number of nitrogens with zero attached hydrogens (tertiary/aromatic N) is 1. The van der Waals surface area contributed by atoms with Crippen LogP contribution < -0.4 is 11.1 Å². The minimum atomic E-state index is -0.598. The van der Waals surface area contributed by atoms with Gasteiger partial charge in [-0.1, -0.05) is 20.8 Å². The van der Waals surface area contributed by atoms with E-state index in [9.17, 15) is 9.59 Å². The highest BCUT2D eigenvalue weighted by Crippen LogP contribution is 2.18. The number of hydrogen-bond acceptors (Lipinski definition) is 3. The SMILES string of the molecule is CC(C)NC(=O)CN(C)C(=O)[C@H](N)C(C)(C)C. The summed E-state index contributed by atoms with van der Waals surface area (Å²) >= 11 is 0. The molecule has 0 spiro atoms. The summed E-state index contributed by atoms with van der Waals surface area (Å²) in [6.45, 7) is 9.49. The van der Waals surface area contributed by atoms with Gasteiger partial charge in [0.15, 0.2) is 0 Å². The Morgan fingerprint density at radius 2 is 1.76 bits per heavy atom. The quantitative estimate of drug-likeness (QED) is 0.748. The van der Waals surface area contributed by atoms with Gasteiger partial charge in [0.05, 0.1) is 12.6 Å². The molecule has 0 fully saturated rings. The van der Waals surface area contributed by atoms with Crippen LogP contribution in [0, 0.1) is 5.41 Å². The van der Waals surface area contributed by atoms with Crippen LogP contribution in [-0.2, 0) is 9.59 Å². The van der Waals surface area contributed by atoms with E-state index in [-0.39, 0.29) is 29.8 Å². The highest BCUT2D eigenvalue weighted by molar-refractivity contribution is 5.87. The molecule has 100 valence electrons. The van der Waals surface area contributed by atoms with Crippen LogP contribution in [0.5, 0.6) is 0 Å². The van der Waals surface area contributed by atoms with Crippen molar-refractivity contribution < 1.29 is 9.59 Å². The summed E-state index contributed by atoms with van der Waals surface area (Å²) in [6.07, 6.45) is 0. The number of carbonyl (C=O) groups excluding carboxylic acids is 2. The Bertz CT molecular complexity index is 282. The summed E-state index contributed by atoms with van der Waals surface area (Å²) in [5.41, 5.74) is 5.54. The Morgan fingerprint density at radius 1 is 1.29 bits per heavy atom. The van der Waals surface area contributed by atoms with Gasteiger partial charge >= 0.3 is 0 Å². The third-order valence-corrected chi connectivity index (χ3v) is 2.41. The maximum Gasteiger partial charge on any atom is 0.240 e. The van der Waals surface area contributed by atoms with E-state index >= 15 is 0 Å². The first-order chi connectivity index (χ1) is 7.55. The highest BCUT2D eigenvalue weighted by atomic mass is 16.2. The molecule has 0 aromatic carbocycles. The Labute approximate surface area is 104 Å². The number of rotatable bonds is 4. The second kappa shape index (κ2) is 6.00. The summed E-state index contributed by atoms with van der Waals surface area (Å²) in [6, 6.07) is -0.526. The standard InChI is InChI=1S/C12H25N3O2/c1-8(2)14-9(16)7-15(6)11(17)10(13)12(3,4)5/h8,10H,7,13H2,1-6H3,(H,14,16)/t10-/m0/s1. The fourth-order valence-corrected chi connectivity index (χ4v) is 1.27. The molecular formula is C12H25N3O2. The zero-order valence-corrected chi connectivity index (χ0v) is 11.7. The smallest absolute Gasteiger partial charge is 0.240 e. The largest absolute Gasteiger partial charge is 0.352 e. The second-order valence-corrected chi connectivity index (χ2v) is 5.76. The number of nitrogens with one attached hydrogen (secondary N) is 1. The van der Waals surface area contributed by atoms with E-state index in [1.54, 1.807) is 7.05 Å². The van der Waals surface area contributed by atoms with Gasteiger partial charge in [0.2, 0.25) is 11.8 Å². The fourth-order valence-electron chi connectivity index (χ4n) is 1.27. The van der Waals surface area contributed by atoms with Crippen molar-refractivity contribution in [2.24, 2.45) is 11.1 Å². The topological polar surface area (TPSA) is 75.4 Å². The van der Waals surface area contributed by atoms with Crippen LogP contribution in [0.2, 0.25) is 0 Å². The van der Waals surface area contributed by atoms with Gasteiger partial charge in [-0.25, -0.2) is 0 Å². The second-order valence-electron chi connectivity index (χ2n) is 5.76. The maximum absolute atomic E-state index is 11.9. The molecule has 0 saturated heterocycles. The molecule has 0 unspecified atom stereocenters. The minimum Gasteiger partial charge on any atom is -0.352 e. The van der Waals surface area contributed by atoms with E-state index in [1.165, 1.54) is 4.90 Å². The van der Waals surface area contributed by atoms with Gasteiger partial charge in [0.1, 0.15) is 0 Å². The van der Waals surface area contributed by atoms with Crippen molar-refractivity contribution in [1.82, 2.24) is 10.2 Å². The molecule has 3 N–H and O–H groups in total. The molecule has 0 radical (unpaired) electrons. The third-order valence-electron chi connectivity index (χ3n) is 2.41. The summed E-state index contributed by atoms with van der Waals surface area (Å²) in [5, 5.41) is 2.73. The first-order valence-electron chi connectivity index (χ1n) is 5.85. The molecule has 0 aromatic rings. The van der Waals surface area contributed by atoms with Crippen LogP contribution in [0.1, 0.15) is 34.6 Å². The molecule has 2 amide bonds. The summed E-state index contributed by atoms with van der Waals surface area (Å²) < 4.78 is 0. The molecule has 0 heterocycles. The molecule has 0 aliphatic heterocycles. The van der Waals surface area contributed by atoms with E-state index in [2.05, 4.69) is 5.32 Å². The first-order valence-corrected chi connectivity index (χ1v) is 5.85. The Hall–Kier alpha value is -1.10. The van der Waals surface area contributed by atoms with Crippen LogP contribution in [0.25, 0.3) is 0 Å². The minimum absolute atomic E-state index is 0.0425. The van der Waals surface area contributed by atoms with Crippen molar-refractivity contribution in [2.45, 2.75) is 46.7 Å². The predicted octanol–water partition coefficient (Wildman–Crippen LogP) is 0.343. The van der Waals surface area contributed by atoms with Gasteiger partial charge in [-0.05, 0) is 19.3 Å². The fraction of sp³-hybridized carbons (Fsp3) is 0.833. The Kier molecular flexibility index (Phi) is 5.61. The number of hydrogen-bond donors (Lipinski definition) is 2. The van der Waals surface area contributed by atoms with Crippen molar-refractivity contribution in [1.29, 1.82) is 0 Å². The van der Waals surface area contributed by atoms with Crippen LogP contribution in [0.3, 0.4) is 0 Å². The molecule has 5 nitrogen and oxygen atoms in total. The molecule has 17 heavy (non-hydrogen) atoms. The zero-order valence-electron chi connectivity index (χ0n) is 11.7. The van der Waals surface area contributed by atoms with E-state index in [0.29, 0.717) is 0 Å². The predicted molar refractivity (Wildman–Crippen MR) is 68.3 cm³/mol. The third kappa shape index (κ3) is 5.68. The lowest BCUT2D eigenvalue weighted by Gasteiger charge is -2.29. The lowest BCUT2D eigenvalue weighted by atomic mass is 9.86. The summed E-state index contributed by atoms with van der Waals surface area (Å²) in [5.74, 6) is -0.381. The van der Waals surface area contributed by atoms with Gasteiger partial charge < -0.3 is 16.0 Å². The Balaban J connectivity index is 4.37. The Morgan fingerprint density at radius 3 is 2.12 bits per heavy atom.